The van der Waals surface area contributed by atoms with Crippen molar-refractivity contribution >= 4 is 35.2 Å². The lowest BCUT2D eigenvalue weighted by Crippen LogP contribution is -2.30. The monoisotopic (exact) mass is 469 g/mol. The Kier molecular flexibility index (Phi) is 6.93. The lowest BCUT2D eigenvalue weighted by atomic mass is 10.1. The van der Waals surface area contributed by atoms with Crippen molar-refractivity contribution in [1.82, 2.24) is 15.1 Å². The van der Waals surface area contributed by atoms with Gasteiger partial charge in [-0.2, -0.15) is 0 Å². The van der Waals surface area contributed by atoms with Gasteiger partial charge in [-0.05, 0) is 48.4 Å². The molecule has 1 aliphatic rings. The summed E-state index contributed by atoms with van der Waals surface area (Å²) >= 11 is 12.3. The van der Waals surface area contributed by atoms with Crippen molar-refractivity contribution < 1.29 is 13.9 Å². The first-order valence-corrected chi connectivity index (χ1v) is 11.0. The molecular weight excluding hydrogens is 449 g/mol. The lowest BCUT2D eigenvalue weighted by molar-refractivity contribution is -0.127. The molecule has 0 spiro atoms. The van der Waals surface area contributed by atoms with E-state index in [0.29, 0.717) is 40.5 Å². The molecule has 2 aromatic carbocycles. The molecule has 0 saturated carbocycles. The van der Waals surface area contributed by atoms with E-state index in [2.05, 4.69) is 10.2 Å². The van der Waals surface area contributed by atoms with E-state index in [-0.39, 0.29) is 12.5 Å². The number of aromatic nitrogens is 2. The number of fused-ring (bicyclic) bond motifs is 1. The molecule has 2 heterocycles. The number of hydrogen-bond donors (Lipinski definition) is 0. The molecule has 0 radical (unpaired) electrons. The second-order valence-electron chi connectivity index (χ2n) is 7.26. The van der Waals surface area contributed by atoms with Gasteiger partial charge in [-0.3, -0.25) is 4.79 Å². The average molecular weight is 470 g/mol. The molecule has 0 fully saturated rings. The van der Waals surface area contributed by atoms with Crippen LogP contribution >= 0.6 is 23.2 Å². The van der Waals surface area contributed by atoms with Crippen molar-refractivity contribution in [1.29, 1.82) is 0 Å². The fourth-order valence-corrected chi connectivity index (χ4v) is 3.70. The highest BCUT2D eigenvalue weighted by Crippen LogP contribution is 2.29. The van der Waals surface area contributed by atoms with Crippen LogP contribution in [-0.2, 0) is 11.3 Å². The summed E-state index contributed by atoms with van der Waals surface area (Å²) < 4.78 is 11.5. The zero-order chi connectivity index (χ0) is 22.5. The molecule has 0 aliphatic carbocycles. The van der Waals surface area contributed by atoms with Crippen molar-refractivity contribution in [3.8, 4) is 17.2 Å². The smallest absolute Gasteiger partial charge is 0.249 e. The van der Waals surface area contributed by atoms with Crippen molar-refractivity contribution in [2.24, 2.45) is 0 Å². The first kappa shape index (κ1) is 22.1. The molecule has 1 aliphatic heterocycles. The van der Waals surface area contributed by atoms with Gasteiger partial charge < -0.3 is 14.1 Å². The van der Waals surface area contributed by atoms with Gasteiger partial charge in [-0.25, -0.2) is 0 Å². The Balaban J connectivity index is 1.46. The fraction of sp³-hybridized carbons (Fsp3) is 0.208. The van der Waals surface area contributed by atoms with E-state index < -0.39 is 0 Å². The van der Waals surface area contributed by atoms with E-state index in [0.717, 1.165) is 23.3 Å². The molecule has 1 aromatic heterocycles. The molecule has 0 unspecified atom stereocenters. The summed E-state index contributed by atoms with van der Waals surface area (Å²) in [4.78, 5) is 14.5. The number of carbonyl (C=O) groups is 1. The van der Waals surface area contributed by atoms with Crippen LogP contribution in [0.25, 0.3) is 17.5 Å². The zero-order valence-electron chi connectivity index (χ0n) is 17.4. The van der Waals surface area contributed by atoms with Gasteiger partial charge in [0.05, 0.1) is 17.1 Å². The molecule has 6 nitrogen and oxygen atoms in total. The van der Waals surface area contributed by atoms with Crippen LogP contribution in [0.5, 0.6) is 5.75 Å². The van der Waals surface area contributed by atoms with Gasteiger partial charge in [0.1, 0.15) is 12.4 Å². The van der Waals surface area contributed by atoms with Crippen molar-refractivity contribution in [2.45, 2.75) is 19.9 Å². The van der Waals surface area contributed by atoms with Gasteiger partial charge in [0.15, 0.2) is 0 Å². The molecule has 4 rings (SSSR count). The molecule has 0 saturated heterocycles. The van der Waals surface area contributed by atoms with E-state index >= 15 is 0 Å². The SMILES string of the molecule is CCCN(Cc1nnc(-c2ccccc2Cl)o1)C(=O)/C=C/C1=Cc2cc(Cl)ccc2OC1. The third kappa shape index (κ3) is 5.21. The molecule has 0 N–H and O–H groups in total. The third-order valence-electron chi connectivity index (χ3n) is 4.85. The summed E-state index contributed by atoms with van der Waals surface area (Å²) in [5.41, 5.74) is 2.42. The highest BCUT2D eigenvalue weighted by atomic mass is 35.5. The molecule has 0 bridgehead atoms. The summed E-state index contributed by atoms with van der Waals surface area (Å²) in [5.74, 6) is 1.30. The Morgan fingerprint density at radius 3 is 2.84 bits per heavy atom. The maximum Gasteiger partial charge on any atom is 0.249 e. The van der Waals surface area contributed by atoms with Gasteiger partial charge in [0, 0.05) is 23.2 Å². The average Bonchev–Trinajstić information content (AvgIpc) is 3.25. The Morgan fingerprint density at radius 2 is 2.03 bits per heavy atom. The molecule has 0 atom stereocenters. The molecule has 3 aromatic rings. The van der Waals surface area contributed by atoms with Gasteiger partial charge in [-0.1, -0.05) is 48.3 Å². The summed E-state index contributed by atoms with van der Waals surface area (Å²) in [6, 6.07) is 12.7. The molecular formula is C24H21Cl2N3O3. The third-order valence-corrected chi connectivity index (χ3v) is 5.41. The van der Waals surface area contributed by atoms with E-state index in [9.17, 15) is 4.79 Å². The number of carbonyl (C=O) groups excluding carboxylic acids is 1. The highest BCUT2D eigenvalue weighted by molar-refractivity contribution is 6.33. The van der Waals surface area contributed by atoms with Crippen LogP contribution in [0.1, 0.15) is 24.8 Å². The molecule has 164 valence electrons. The highest BCUT2D eigenvalue weighted by Gasteiger charge is 2.17. The number of benzene rings is 2. The van der Waals surface area contributed by atoms with E-state index in [1.165, 1.54) is 6.08 Å². The number of nitrogens with zero attached hydrogens (tertiary/aromatic N) is 3. The van der Waals surface area contributed by atoms with Gasteiger partial charge in [-0.15, -0.1) is 10.2 Å². The molecule has 32 heavy (non-hydrogen) atoms. The largest absolute Gasteiger partial charge is 0.488 e. The summed E-state index contributed by atoms with van der Waals surface area (Å²) in [7, 11) is 0. The van der Waals surface area contributed by atoms with Crippen LogP contribution in [0.4, 0.5) is 0 Å². The number of amides is 1. The fourth-order valence-electron chi connectivity index (χ4n) is 3.31. The minimum absolute atomic E-state index is 0.151. The Labute approximate surface area is 196 Å². The summed E-state index contributed by atoms with van der Waals surface area (Å²) in [6.45, 7) is 3.16. The van der Waals surface area contributed by atoms with Gasteiger partial charge in [0.25, 0.3) is 0 Å². The van der Waals surface area contributed by atoms with E-state index in [1.54, 1.807) is 23.1 Å². The molecule has 8 heteroatoms. The van der Waals surface area contributed by atoms with Crippen molar-refractivity contribution in [2.75, 3.05) is 13.2 Å². The standard InChI is InChI=1S/C24H21Cl2N3O3/c1-2-11-29(14-22-27-28-24(32-22)19-5-3-4-6-20(19)26)23(30)10-7-16-12-17-13-18(25)8-9-21(17)31-15-16/h3-10,12-13H,2,11,14-15H2,1H3/b10-7+. The number of rotatable bonds is 7. The first-order chi connectivity index (χ1) is 15.5. The number of halogens is 2. The van der Waals surface area contributed by atoms with Crippen LogP contribution in [0.15, 0.2) is 64.6 Å². The van der Waals surface area contributed by atoms with E-state index in [4.69, 9.17) is 32.4 Å². The normalized spacial score (nSPS) is 12.9. The maximum atomic E-state index is 12.8. The number of ether oxygens (including phenoxy) is 1. The second kappa shape index (κ2) is 10.0. The van der Waals surface area contributed by atoms with Crippen LogP contribution < -0.4 is 4.74 Å². The van der Waals surface area contributed by atoms with Crippen molar-refractivity contribution in [3.63, 3.8) is 0 Å². The second-order valence-corrected chi connectivity index (χ2v) is 8.11. The Morgan fingerprint density at radius 1 is 1.19 bits per heavy atom. The zero-order valence-corrected chi connectivity index (χ0v) is 18.9. The predicted octanol–water partition coefficient (Wildman–Crippen LogP) is 5.81. The van der Waals surface area contributed by atoms with Crippen LogP contribution in [-0.4, -0.2) is 34.2 Å². The quantitative estimate of drug-likeness (QED) is 0.408. The van der Waals surface area contributed by atoms with Crippen LogP contribution in [0.3, 0.4) is 0 Å². The minimum atomic E-state index is -0.151. The Bertz CT molecular complexity index is 1190. The predicted molar refractivity (Wildman–Crippen MR) is 125 cm³/mol. The van der Waals surface area contributed by atoms with Gasteiger partial charge in [0.2, 0.25) is 17.7 Å². The van der Waals surface area contributed by atoms with Gasteiger partial charge >= 0.3 is 0 Å². The summed E-state index contributed by atoms with van der Waals surface area (Å²) in [6.07, 6.45) is 6.05. The van der Waals surface area contributed by atoms with E-state index in [1.807, 2.05) is 43.3 Å². The lowest BCUT2D eigenvalue weighted by Gasteiger charge is -2.19. The van der Waals surface area contributed by atoms with Crippen LogP contribution in [0, 0.1) is 0 Å². The minimum Gasteiger partial charge on any atom is -0.488 e. The first-order valence-electron chi connectivity index (χ1n) is 10.2. The van der Waals surface area contributed by atoms with Crippen molar-refractivity contribution in [3.05, 3.63) is 81.7 Å². The topological polar surface area (TPSA) is 68.5 Å². The van der Waals surface area contributed by atoms with Crippen LogP contribution in [0.2, 0.25) is 10.0 Å². The maximum absolute atomic E-state index is 12.8. The summed E-state index contributed by atoms with van der Waals surface area (Å²) in [5, 5.41) is 9.32. The Hall–Kier alpha value is -3.09. The molecule has 1 amide bonds. The number of hydrogen-bond acceptors (Lipinski definition) is 5.